The van der Waals surface area contributed by atoms with Crippen molar-refractivity contribution in [2.75, 3.05) is 17.6 Å². The molecule has 0 spiro atoms. The molecule has 0 heterocycles. The highest BCUT2D eigenvalue weighted by molar-refractivity contribution is 7.98. The molecule has 0 atom stereocenters. The molecule has 0 radical (unpaired) electrons. The molecular weight excluding hydrogens is 495 g/mol. The van der Waals surface area contributed by atoms with Crippen LogP contribution >= 0.6 is 23.4 Å². The molecule has 182 valence electrons. The maximum Gasteiger partial charge on any atom is 0.432 e. The number of allylic oxidation sites excluding steroid dienone is 1. The molecule has 0 aliphatic carbocycles. The number of anilines is 1. The molecule has 0 bridgehead atoms. The molecule has 3 aromatic carbocycles. The van der Waals surface area contributed by atoms with Gasteiger partial charge in [0.2, 0.25) is 0 Å². The third-order valence-corrected chi connectivity index (χ3v) is 6.20. The van der Waals surface area contributed by atoms with E-state index in [0.29, 0.717) is 34.5 Å². The van der Waals surface area contributed by atoms with Crippen molar-refractivity contribution in [3.63, 3.8) is 0 Å². The third kappa shape index (κ3) is 8.19. The molecule has 3 N–H and O–H groups in total. The fourth-order valence-electron chi connectivity index (χ4n) is 3.03. The van der Waals surface area contributed by atoms with Gasteiger partial charge in [0, 0.05) is 29.3 Å². The molecule has 0 aliphatic rings. The summed E-state index contributed by atoms with van der Waals surface area (Å²) in [7, 11) is 0. The van der Waals surface area contributed by atoms with E-state index >= 15 is 0 Å². The number of nitrogens with one attached hydrogen (secondary N) is 3. The molecule has 3 aromatic rings. The molecule has 1 amide bonds. The van der Waals surface area contributed by atoms with Crippen LogP contribution in [0.4, 0.5) is 18.9 Å². The van der Waals surface area contributed by atoms with Gasteiger partial charge in [0.25, 0.3) is 5.91 Å². The van der Waals surface area contributed by atoms with E-state index in [1.807, 2.05) is 30.3 Å². The first-order valence-electron chi connectivity index (χ1n) is 10.6. The van der Waals surface area contributed by atoms with Crippen molar-refractivity contribution in [3.05, 3.63) is 107 Å². The number of hydrogen-bond donors (Lipinski definition) is 3. The maximum absolute atomic E-state index is 13.0. The van der Waals surface area contributed by atoms with Crippen LogP contribution in [0.15, 0.2) is 84.9 Å². The summed E-state index contributed by atoms with van der Waals surface area (Å²) in [5.74, 6) is 1.32. The van der Waals surface area contributed by atoms with E-state index in [-0.39, 0.29) is 11.6 Å². The lowest BCUT2D eigenvalue weighted by molar-refractivity contribution is -0.0583. The van der Waals surface area contributed by atoms with Crippen LogP contribution in [0.1, 0.15) is 21.5 Å². The minimum absolute atomic E-state index is 0.0321. The van der Waals surface area contributed by atoms with Crippen molar-refractivity contribution < 1.29 is 18.0 Å². The van der Waals surface area contributed by atoms with Crippen LogP contribution in [-0.4, -0.2) is 30.1 Å². The number of alkyl halides is 3. The van der Waals surface area contributed by atoms with Crippen LogP contribution in [0.2, 0.25) is 5.02 Å². The van der Waals surface area contributed by atoms with Crippen molar-refractivity contribution in [2.45, 2.75) is 11.9 Å². The summed E-state index contributed by atoms with van der Waals surface area (Å²) in [4.78, 5) is 12.5. The fraction of sp³-hybridized carbons (Fsp3) is 0.154. The Labute approximate surface area is 211 Å². The van der Waals surface area contributed by atoms with Crippen LogP contribution in [0.3, 0.4) is 0 Å². The first kappa shape index (κ1) is 26.4. The van der Waals surface area contributed by atoms with E-state index in [9.17, 15) is 18.0 Å². The van der Waals surface area contributed by atoms with Crippen LogP contribution < -0.4 is 10.6 Å². The Kier molecular flexibility index (Phi) is 9.39. The van der Waals surface area contributed by atoms with Gasteiger partial charge in [-0.05, 0) is 41.5 Å². The minimum atomic E-state index is -4.80. The van der Waals surface area contributed by atoms with Crippen molar-refractivity contribution in [1.82, 2.24) is 5.32 Å². The van der Waals surface area contributed by atoms with Gasteiger partial charge in [0.1, 0.15) is 5.71 Å². The molecule has 35 heavy (non-hydrogen) atoms. The normalized spacial score (nSPS) is 11.7. The Balaban J connectivity index is 1.64. The van der Waals surface area contributed by atoms with Gasteiger partial charge in [0.05, 0.1) is 10.7 Å². The van der Waals surface area contributed by atoms with E-state index in [2.05, 4.69) is 10.6 Å². The topological polar surface area (TPSA) is 65.0 Å². The van der Waals surface area contributed by atoms with Gasteiger partial charge in [-0.3, -0.25) is 10.2 Å². The second-order valence-electron chi connectivity index (χ2n) is 7.45. The maximum atomic E-state index is 13.0. The number of amides is 1. The van der Waals surface area contributed by atoms with Gasteiger partial charge >= 0.3 is 6.18 Å². The molecule has 3 rings (SSSR count). The third-order valence-electron chi connectivity index (χ3n) is 4.84. The highest BCUT2D eigenvalue weighted by Crippen LogP contribution is 2.27. The number of halogens is 4. The van der Waals surface area contributed by atoms with E-state index < -0.39 is 11.9 Å². The molecule has 0 saturated heterocycles. The van der Waals surface area contributed by atoms with Gasteiger partial charge < -0.3 is 10.6 Å². The van der Waals surface area contributed by atoms with Crippen LogP contribution in [0.25, 0.3) is 5.70 Å². The number of benzene rings is 3. The van der Waals surface area contributed by atoms with Gasteiger partial charge in [-0.25, -0.2) is 0 Å². The van der Waals surface area contributed by atoms with E-state index in [1.165, 1.54) is 29.8 Å². The second-order valence-corrected chi connectivity index (χ2v) is 8.96. The first-order chi connectivity index (χ1) is 16.7. The Morgan fingerprint density at radius 2 is 1.57 bits per heavy atom. The number of hydrogen-bond acceptors (Lipinski definition) is 4. The zero-order chi connectivity index (χ0) is 25.3. The Morgan fingerprint density at radius 3 is 2.23 bits per heavy atom. The summed E-state index contributed by atoms with van der Waals surface area (Å²) < 4.78 is 39.0. The summed E-state index contributed by atoms with van der Waals surface area (Å²) in [6, 6.07) is 22.7. The average molecular weight is 518 g/mol. The summed E-state index contributed by atoms with van der Waals surface area (Å²) in [6.07, 6.45) is -4.10. The number of carbonyl (C=O) groups excluding carboxylic acids is 1. The SMILES string of the molecule is N=C(/C=C(\Nc1ccccc1Cl)c1ccc(C(=O)NCCSCc2ccccc2)cc1)C(F)(F)F. The van der Waals surface area contributed by atoms with Gasteiger partial charge in [0.15, 0.2) is 0 Å². The highest BCUT2D eigenvalue weighted by Gasteiger charge is 2.33. The van der Waals surface area contributed by atoms with E-state index in [4.69, 9.17) is 17.0 Å². The smallest absolute Gasteiger partial charge is 0.354 e. The number of para-hydroxylation sites is 1. The fourth-order valence-corrected chi connectivity index (χ4v) is 4.03. The van der Waals surface area contributed by atoms with Gasteiger partial charge in [-0.1, -0.05) is 66.2 Å². The lowest BCUT2D eigenvalue weighted by Crippen LogP contribution is -2.25. The molecular formula is C26H23ClF3N3OS. The summed E-state index contributed by atoms with van der Waals surface area (Å²) in [6.45, 7) is 0.486. The minimum Gasteiger partial charge on any atom is -0.354 e. The number of rotatable bonds is 10. The number of thioether (sulfide) groups is 1. The molecule has 0 unspecified atom stereocenters. The Morgan fingerprint density at radius 1 is 0.943 bits per heavy atom. The largest absolute Gasteiger partial charge is 0.432 e. The molecule has 4 nitrogen and oxygen atoms in total. The van der Waals surface area contributed by atoms with Gasteiger partial charge in [-0.15, -0.1) is 0 Å². The lowest BCUT2D eigenvalue weighted by Gasteiger charge is -2.15. The van der Waals surface area contributed by atoms with Crippen molar-refractivity contribution in [3.8, 4) is 0 Å². The zero-order valence-corrected chi connectivity index (χ0v) is 20.1. The quantitative estimate of drug-likeness (QED) is 0.200. The first-order valence-corrected chi connectivity index (χ1v) is 12.2. The van der Waals surface area contributed by atoms with Crippen LogP contribution in [-0.2, 0) is 5.75 Å². The zero-order valence-electron chi connectivity index (χ0n) is 18.5. The Bertz CT molecular complexity index is 1180. The number of carbonyl (C=O) groups is 1. The van der Waals surface area contributed by atoms with E-state index in [1.54, 1.807) is 36.0 Å². The summed E-state index contributed by atoms with van der Waals surface area (Å²) >= 11 is 7.84. The monoisotopic (exact) mass is 517 g/mol. The second kappa shape index (κ2) is 12.5. The van der Waals surface area contributed by atoms with Crippen LogP contribution in [0, 0.1) is 5.41 Å². The highest BCUT2D eigenvalue weighted by atomic mass is 35.5. The van der Waals surface area contributed by atoms with Gasteiger partial charge in [-0.2, -0.15) is 24.9 Å². The van der Waals surface area contributed by atoms with Crippen molar-refractivity contribution in [2.24, 2.45) is 0 Å². The van der Waals surface area contributed by atoms with Crippen molar-refractivity contribution in [1.29, 1.82) is 5.41 Å². The molecule has 9 heteroatoms. The summed E-state index contributed by atoms with van der Waals surface area (Å²) in [5, 5.41) is 13.4. The molecule has 0 aliphatic heterocycles. The predicted molar refractivity (Wildman–Crippen MR) is 138 cm³/mol. The lowest BCUT2D eigenvalue weighted by atomic mass is 10.1. The van der Waals surface area contributed by atoms with Crippen LogP contribution in [0.5, 0.6) is 0 Å². The van der Waals surface area contributed by atoms with E-state index in [0.717, 1.165) is 11.5 Å². The average Bonchev–Trinajstić information content (AvgIpc) is 2.84. The Hall–Kier alpha value is -3.23. The van der Waals surface area contributed by atoms with Crippen molar-refractivity contribution >= 4 is 46.4 Å². The predicted octanol–water partition coefficient (Wildman–Crippen LogP) is 7.04. The standard InChI is InChI=1S/C26H23ClF3N3OS/c27-21-8-4-5-9-22(21)33-23(16-24(31)26(28,29)30)19-10-12-20(13-11-19)25(34)32-14-15-35-17-18-6-2-1-3-7-18/h1-13,16,31,33H,14-15,17H2,(H,32,34)/b23-16-,31-24?. The molecule has 0 saturated carbocycles. The molecule has 0 fully saturated rings. The summed E-state index contributed by atoms with van der Waals surface area (Å²) in [5.41, 5.74) is 0.878. The molecule has 0 aromatic heterocycles.